The highest BCUT2D eigenvalue weighted by Gasteiger charge is 2.24. The molecule has 0 atom stereocenters. The van der Waals surface area contributed by atoms with Gasteiger partial charge in [0.25, 0.3) is 5.82 Å². The summed E-state index contributed by atoms with van der Waals surface area (Å²) in [4.78, 5) is 0.170. The molecule has 1 aromatic heterocycles. The average Bonchev–Trinajstić information content (AvgIpc) is 2.77. The summed E-state index contributed by atoms with van der Waals surface area (Å²) in [5, 5.41) is 0. The van der Waals surface area contributed by atoms with Gasteiger partial charge in [-0.15, -0.1) is 0 Å². The van der Waals surface area contributed by atoms with Crippen LogP contribution in [-0.4, -0.2) is 50.1 Å². The Morgan fingerprint density at radius 1 is 1.20 bits per heavy atom. The highest BCUT2D eigenvalue weighted by atomic mass is 32.2. The lowest BCUT2D eigenvalue weighted by Gasteiger charge is -2.11. The van der Waals surface area contributed by atoms with Crippen molar-refractivity contribution in [3.63, 3.8) is 0 Å². The molecule has 0 saturated heterocycles. The summed E-state index contributed by atoms with van der Waals surface area (Å²) >= 11 is 0. The minimum atomic E-state index is -4.27. The van der Waals surface area contributed by atoms with Crippen molar-refractivity contribution in [1.29, 1.82) is 0 Å². The molecule has 0 radical (unpaired) electrons. The molecule has 8 nitrogen and oxygen atoms in total. The third kappa shape index (κ3) is 4.02. The second kappa shape index (κ2) is 7.02. The number of hydrogen-bond donors (Lipinski definition) is 0. The van der Waals surface area contributed by atoms with E-state index >= 15 is 0 Å². The average molecular weight is 389 g/mol. The van der Waals surface area contributed by atoms with Crippen LogP contribution in [-0.2, 0) is 33.2 Å². The van der Waals surface area contributed by atoms with Crippen molar-refractivity contribution in [2.24, 2.45) is 0 Å². The van der Waals surface area contributed by atoms with E-state index in [1.807, 2.05) is 23.0 Å². The molecule has 1 heterocycles. The van der Waals surface area contributed by atoms with Crippen LogP contribution in [0.3, 0.4) is 0 Å². The van der Waals surface area contributed by atoms with Crippen LogP contribution >= 0.6 is 0 Å². The summed E-state index contributed by atoms with van der Waals surface area (Å²) in [5.41, 5.74) is 1.56. The van der Waals surface area contributed by atoms with Gasteiger partial charge in [0.2, 0.25) is 10.0 Å². The van der Waals surface area contributed by atoms with Gasteiger partial charge in [0.15, 0.2) is 11.0 Å². The number of sulfonamides is 1. The van der Waals surface area contributed by atoms with Crippen LogP contribution in [0.1, 0.15) is 19.2 Å². The lowest BCUT2D eigenvalue weighted by Crippen LogP contribution is -2.35. The second-order valence-electron chi connectivity index (χ2n) is 6.00. The number of nitrogens with zero attached hydrogens (tertiary/aromatic N) is 3. The first kappa shape index (κ1) is 19.8. The maximum atomic E-state index is 12.4. The Bertz CT molecular complexity index is 992. The van der Waals surface area contributed by atoms with Crippen molar-refractivity contribution in [3.8, 4) is 0 Å². The molecule has 0 fully saturated rings. The van der Waals surface area contributed by atoms with Crippen LogP contribution < -0.4 is 4.57 Å². The van der Waals surface area contributed by atoms with Gasteiger partial charge in [0, 0.05) is 32.8 Å². The van der Waals surface area contributed by atoms with E-state index < -0.39 is 25.9 Å². The molecule has 0 N–H and O–H groups in total. The monoisotopic (exact) mass is 389 g/mol. The highest BCUT2D eigenvalue weighted by molar-refractivity contribution is 7.89. The molecule has 25 heavy (non-hydrogen) atoms. The van der Waals surface area contributed by atoms with E-state index in [-0.39, 0.29) is 11.3 Å². The number of imidazole rings is 1. The molecule has 2 aromatic rings. The van der Waals surface area contributed by atoms with Crippen molar-refractivity contribution < 1.29 is 26.0 Å². The van der Waals surface area contributed by atoms with Crippen molar-refractivity contribution in [2.75, 3.05) is 19.8 Å². The van der Waals surface area contributed by atoms with Gasteiger partial charge in [-0.2, -0.15) is 0 Å². The normalized spacial score (nSPS) is 13.0. The lowest BCUT2D eigenvalue weighted by molar-refractivity contribution is -0.675. The molecule has 0 bridgehead atoms. The minimum absolute atomic E-state index is 0.170. The molecule has 2 rings (SSSR count). The van der Waals surface area contributed by atoms with Crippen LogP contribution in [0.15, 0.2) is 23.1 Å². The third-order valence-corrected chi connectivity index (χ3v) is 6.78. The number of aromatic nitrogens is 2. The van der Waals surface area contributed by atoms with Crippen LogP contribution in [0, 0.1) is 6.92 Å². The molecule has 0 aliphatic heterocycles. The zero-order valence-corrected chi connectivity index (χ0v) is 16.4. The third-order valence-electron chi connectivity index (χ3n) is 4.18. The highest BCUT2D eigenvalue weighted by Crippen LogP contribution is 2.21. The topological polar surface area (TPSA) is 103 Å². The largest absolute Gasteiger partial charge is 0.748 e. The van der Waals surface area contributed by atoms with Gasteiger partial charge in [-0.1, -0.05) is 0 Å². The fourth-order valence-corrected chi connectivity index (χ4v) is 4.30. The zero-order chi connectivity index (χ0) is 19.0. The standard InChI is InChI=1S/C15H23N3O5S2/c1-5-17-12(2)18(9-6-10-24(19,20)21)15-11-13(7-8-14(15)17)25(22,23)16(3)4/h7-8,11H,5-6,9-10H2,1-4H3. The molecule has 0 unspecified atom stereocenters. The van der Waals surface area contributed by atoms with E-state index in [9.17, 15) is 21.4 Å². The summed E-state index contributed by atoms with van der Waals surface area (Å²) in [5.74, 6) is 0.425. The number of aryl methyl sites for hydroxylation is 2. The van der Waals surface area contributed by atoms with Crippen LogP contribution in [0.4, 0.5) is 0 Å². The molecule has 0 aliphatic carbocycles. The van der Waals surface area contributed by atoms with Crippen molar-refractivity contribution in [1.82, 2.24) is 8.87 Å². The summed E-state index contributed by atoms with van der Waals surface area (Å²) in [7, 11) is -4.91. The first-order valence-electron chi connectivity index (χ1n) is 7.88. The predicted octanol–water partition coefficient (Wildman–Crippen LogP) is 0.443. The first-order chi connectivity index (χ1) is 11.5. The molecule has 0 spiro atoms. The summed E-state index contributed by atoms with van der Waals surface area (Å²) in [6, 6.07) is 4.91. The van der Waals surface area contributed by atoms with Crippen molar-refractivity contribution >= 4 is 31.2 Å². The molecule has 0 amide bonds. The maximum Gasteiger partial charge on any atom is 0.254 e. The van der Waals surface area contributed by atoms with E-state index in [4.69, 9.17) is 0 Å². The van der Waals surface area contributed by atoms with Gasteiger partial charge >= 0.3 is 0 Å². The fraction of sp³-hybridized carbons (Fsp3) is 0.533. The molecular formula is C15H23N3O5S2. The van der Waals surface area contributed by atoms with Gasteiger partial charge in [0.1, 0.15) is 0 Å². The Hall–Kier alpha value is -1.49. The molecule has 0 aliphatic rings. The van der Waals surface area contributed by atoms with Crippen LogP contribution in [0.5, 0.6) is 0 Å². The molecule has 1 aromatic carbocycles. The number of rotatable bonds is 7. The fourth-order valence-electron chi connectivity index (χ4n) is 2.89. The zero-order valence-electron chi connectivity index (χ0n) is 14.8. The van der Waals surface area contributed by atoms with Crippen molar-refractivity contribution in [2.45, 2.75) is 38.3 Å². The number of hydrogen-bond acceptors (Lipinski definition) is 5. The Balaban J connectivity index is 2.57. The maximum absolute atomic E-state index is 12.4. The van der Waals surface area contributed by atoms with E-state index in [0.29, 0.717) is 18.6 Å². The Labute approximate surface area is 148 Å². The van der Waals surface area contributed by atoms with Gasteiger partial charge in [-0.05, 0) is 25.5 Å². The van der Waals surface area contributed by atoms with Crippen molar-refractivity contribution in [3.05, 3.63) is 24.0 Å². The second-order valence-corrected chi connectivity index (χ2v) is 9.67. The summed E-state index contributed by atoms with van der Waals surface area (Å²) < 4.78 is 62.3. The number of benzene rings is 1. The van der Waals surface area contributed by atoms with E-state index in [0.717, 1.165) is 15.6 Å². The molecule has 140 valence electrons. The smallest absolute Gasteiger partial charge is 0.254 e. The van der Waals surface area contributed by atoms with Gasteiger partial charge in [-0.3, -0.25) is 0 Å². The lowest BCUT2D eigenvalue weighted by atomic mass is 10.3. The Kier molecular flexibility index (Phi) is 5.57. The van der Waals surface area contributed by atoms with Crippen LogP contribution in [0.25, 0.3) is 11.0 Å². The SMILES string of the molecule is CC[n+]1c(C)n(CCCS(=O)(=O)[O-])c2cc(S(=O)(=O)N(C)C)ccc21. The predicted molar refractivity (Wildman–Crippen MR) is 92.6 cm³/mol. The summed E-state index contributed by atoms with van der Waals surface area (Å²) in [6.45, 7) is 4.87. The molecular weight excluding hydrogens is 366 g/mol. The Morgan fingerprint density at radius 2 is 1.84 bits per heavy atom. The van der Waals surface area contributed by atoms with E-state index in [1.54, 1.807) is 18.2 Å². The van der Waals surface area contributed by atoms with Gasteiger partial charge in [-0.25, -0.2) is 30.3 Å². The molecule has 0 saturated carbocycles. The number of fused-ring (bicyclic) bond motifs is 1. The molecule has 10 heteroatoms. The van der Waals surface area contributed by atoms with Gasteiger partial charge in [0.05, 0.1) is 28.1 Å². The summed E-state index contributed by atoms with van der Waals surface area (Å²) in [6.07, 6.45) is 0.171. The van der Waals surface area contributed by atoms with E-state index in [1.165, 1.54) is 14.1 Å². The van der Waals surface area contributed by atoms with E-state index in [2.05, 4.69) is 0 Å². The minimum Gasteiger partial charge on any atom is -0.748 e. The quantitative estimate of drug-likeness (QED) is 0.505. The van der Waals surface area contributed by atoms with Crippen LogP contribution in [0.2, 0.25) is 0 Å². The van der Waals surface area contributed by atoms with Gasteiger partial charge < -0.3 is 4.55 Å². The first-order valence-corrected chi connectivity index (χ1v) is 10.9. The Morgan fingerprint density at radius 3 is 2.36 bits per heavy atom.